The first-order chi connectivity index (χ1) is 6.68. The maximum atomic E-state index is 11.8. The summed E-state index contributed by atoms with van der Waals surface area (Å²) in [7, 11) is 1.85. The summed E-state index contributed by atoms with van der Waals surface area (Å²) in [6.07, 6.45) is 5.55. The van der Waals surface area contributed by atoms with Gasteiger partial charge in [0.15, 0.2) is 0 Å². The molecule has 1 unspecified atom stereocenters. The average molecular weight is 258 g/mol. The number of aryl methyl sites for hydroxylation is 1. The highest BCUT2D eigenvalue weighted by Crippen LogP contribution is 2.23. The predicted octanol–water partition coefficient (Wildman–Crippen LogP) is 1.31. The van der Waals surface area contributed by atoms with Gasteiger partial charge in [-0.3, -0.25) is 9.48 Å². The molecule has 1 aromatic heterocycles. The highest BCUT2D eigenvalue weighted by molar-refractivity contribution is 9.10. The topological polar surface area (TPSA) is 38.1 Å². The summed E-state index contributed by atoms with van der Waals surface area (Å²) in [5.74, 6) is 0.143. The molecular weight excluding hydrogens is 246 g/mol. The van der Waals surface area contributed by atoms with E-state index in [0.717, 1.165) is 25.1 Å². The van der Waals surface area contributed by atoms with E-state index in [-0.39, 0.29) is 10.7 Å². The second-order valence-electron chi connectivity index (χ2n) is 3.47. The Kier molecular flexibility index (Phi) is 2.58. The summed E-state index contributed by atoms with van der Waals surface area (Å²) in [5.41, 5.74) is 0.890. The van der Waals surface area contributed by atoms with Crippen LogP contribution in [0.4, 0.5) is 5.69 Å². The van der Waals surface area contributed by atoms with Gasteiger partial charge in [0, 0.05) is 19.8 Å². The molecule has 4 nitrogen and oxygen atoms in total. The van der Waals surface area contributed by atoms with Crippen molar-refractivity contribution >= 4 is 27.5 Å². The Morgan fingerprint density at radius 1 is 1.64 bits per heavy atom. The second-order valence-corrected chi connectivity index (χ2v) is 4.58. The van der Waals surface area contributed by atoms with E-state index < -0.39 is 0 Å². The lowest BCUT2D eigenvalue weighted by atomic mass is 10.1. The summed E-state index contributed by atoms with van der Waals surface area (Å²) < 4.78 is 1.71. The van der Waals surface area contributed by atoms with Crippen LogP contribution in [0.15, 0.2) is 12.4 Å². The Morgan fingerprint density at radius 2 is 2.43 bits per heavy atom. The number of nitrogens with zero attached hydrogens (tertiary/aromatic N) is 3. The number of rotatable bonds is 1. The first-order valence-corrected chi connectivity index (χ1v) is 5.54. The molecule has 0 spiro atoms. The molecule has 1 atom stereocenters. The summed E-state index contributed by atoms with van der Waals surface area (Å²) in [6, 6.07) is 0. The second kappa shape index (κ2) is 3.73. The predicted molar refractivity (Wildman–Crippen MR) is 57.5 cm³/mol. The monoisotopic (exact) mass is 257 g/mol. The Labute approximate surface area is 91.0 Å². The van der Waals surface area contributed by atoms with E-state index in [1.165, 1.54) is 0 Å². The Bertz CT molecular complexity index is 350. The molecule has 5 heteroatoms. The van der Waals surface area contributed by atoms with E-state index in [0.29, 0.717) is 0 Å². The molecule has 0 saturated carbocycles. The highest BCUT2D eigenvalue weighted by Gasteiger charge is 2.27. The molecule has 76 valence electrons. The van der Waals surface area contributed by atoms with E-state index in [9.17, 15) is 4.79 Å². The number of hydrogen-bond acceptors (Lipinski definition) is 2. The Balaban J connectivity index is 2.21. The molecule has 0 N–H and O–H groups in total. The first-order valence-electron chi connectivity index (χ1n) is 4.62. The standard InChI is InChI=1S/C9H12BrN3O/c1-12-6-7(5-11-12)13-4-2-3-8(10)9(13)14/h5-6,8H,2-4H2,1H3. The molecule has 1 aliphatic rings. The third-order valence-electron chi connectivity index (χ3n) is 2.38. The Morgan fingerprint density at radius 3 is 3.07 bits per heavy atom. The fourth-order valence-electron chi connectivity index (χ4n) is 1.64. The molecule has 0 aliphatic carbocycles. The normalized spacial score (nSPS) is 22.9. The number of amides is 1. The van der Waals surface area contributed by atoms with Gasteiger partial charge >= 0.3 is 0 Å². The van der Waals surface area contributed by atoms with E-state index in [1.807, 2.05) is 13.2 Å². The van der Waals surface area contributed by atoms with Gasteiger partial charge in [-0.25, -0.2) is 0 Å². The first kappa shape index (κ1) is 9.71. The molecule has 0 aromatic carbocycles. The van der Waals surface area contributed by atoms with E-state index in [1.54, 1.807) is 15.8 Å². The van der Waals surface area contributed by atoms with Crippen LogP contribution in [0.1, 0.15) is 12.8 Å². The van der Waals surface area contributed by atoms with Crippen LogP contribution >= 0.6 is 15.9 Å². The number of anilines is 1. The van der Waals surface area contributed by atoms with Crippen LogP contribution < -0.4 is 4.90 Å². The number of halogens is 1. The van der Waals surface area contributed by atoms with Gasteiger partial charge in [0.2, 0.25) is 5.91 Å². The zero-order valence-electron chi connectivity index (χ0n) is 7.98. The largest absolute Gasteiger partial charge is 0.309 e. The molecule has 2 rings (SSSR count). The molecule has 1 aromatic rings. The number of aromatic nitrogens is 2. The van der Waals surface area contributed by atoms with Crippen molar-refractivity contribution in [1.82, 2.24) is 9.78 Å². The fourth-order valence-corrected chi connectivity index (χ4v) is 2.21. The van der Waals surface area contributed by atoms with Crippen LogP contribution in [0.5, 0.6) is 0 Å². The lowest BCUT2D eigenvalue weighted by molar-refractivity contribution is -0.118. The zero-order valence-corrected chi connectivity index (χ0v) is 9.57. The molecule has 1 saturated heterocycles. The quantitative estimate of drug-likeness (QED) is 0.712. The van der Waals surface area contributed by atoms with Crippen molar-refractivity contribution in [3.05, 3.63) is 12.4 Å². The van der Waals surface area contributed by atoms with Crippen LogP contribution in [0.25, 0.3) is 0 Å². The molecule has 1 amide bonds. The molecule has 1 aliphatic heterocycles. The molecule has 2 heterocycles. The summed E-state index contributed by atoms with van der Waals surface area (Å²) in [5, 5.41) is 4.06. The van der Waals surface area contributed by atoms with Gasteiger partial charge in [0.1, 0.15) is 0 Å². The molecule has 1 fully saturated rings. The van der Waals surface area contributed by atoms with Gasteiger partial charge in [0.25, 0.3) is 0 Å². The zero-order chi connectivity index (χ0) is 10.1. The minimum absolute atomic E-state index is 0.0311. The maximum Gasteiger partial charge on any atom is 0.240 e. The van der Waals surface area contributed by atoms with Crippen molar-refractivity contribution in [2.75, 3.05) is 11.4 Å². The van der Waals surface area contributed by atoms with Crippen LogP contribution in [0.2, 0.25) is 0 Å². The number of hydrogen-bond donors (Lipinski definition) is 0. The van der Waals surface area contributed by atoms with Crippen molar-refractivity contribution in [3.8, 4) is 0 Å². The lowest BCUT2D eigenvalue weighted by Gasteiger charge is -2.28. The van der Waals surface area contributed by atoms with Gasteiger partial charge in [-0.2, -0.15) is 5.10 Å². The van der Waals surface area contributed by atoms with Gasteiger partial charge in [-0.1, -0.05) is 15.9 Å². The molecule has 0 radical (unpaired) electrons. The summed E-state index contributed by atoms with van der Waals surface area (Å²) >= 11 is 3.38. The van der Waals surface area contributed by atoms with Gasteiger partial charge in [0.05, 0.1) is 16.7 Å². The average Bonchev–Trinajstić information content (AvgIpc) is 2.57. The van der Waals surface area contributed by atoms with Gasteiger partial charge in [-0.15, -0.1) is 0 Å². The van der Waals surface area contributed by atoms with Gasteiger partial charge < -0.3 is 4.90 Å². The molecule has 0 bridgehead atoms. The number of carbonyl (C=O) groups is 1. The van der Waals surface area contributed by atoms with Crippen LogP contribution in [-0.4, -0.2) is 27.1 Å². The SMILES string of the molecule is Cn1cc(N2CCCC(Br)C2=O)cn1. The van der Waals surface area contributed by atoms with Crippen LogP contribution in [0, 0.1) is 0 Å². The third kappa shape index (κ3) is 1.68. The minimum atomic E-state index is -0.0311. The van der Waals surface area contributed by atoms with Crippen molar-refractivity contribution < 1.29 is 4.79 Å². The minimum Gasteiger partial charge on any atom is -0.309 e. The Hall–Kier alpha value is -0.840. The van der Waals surface area contributed by atoms with Crippen LogP contribution in [-0.2, 0) is 11.8 Å². The number of piperidine rings is 1. The maximum absolute atomic E-state index is 11.8. The summed E-state index contributed by atoms with van der Waals surface area (Å²) in [6.45, 7) is 0.798. The smallest absolute Gasteiger partial charge is 0.240 e. The number of carbonyl (C=O) groups excluding carboxylic acids is 1. The van der Waals surface area contributed by atoms with Crippen LogP contribution in [0.3, 0.4) is 0 Å². The molecular formula is C9H12BrN3O. The van der Waals surface area contributed by atoms with Crippen molar-refractivity contribution in [3.63, 3.8) is 0 Å². The van der Waals surface area contributed by atoms with Gasteiger partial charge in [-0.05, 0) is 12.8 Å². The van der Waals surface area contributed by atoms with E-state index >= 15 is 0 Å². The van der Waals surface area contributed by atoms with Crippen molar-refractivity contribution in [2.45, 2.75) is 17.7 Å². The lowest BCUT2D eigenvalue weighted by Crippen LogP contribution is -2.41. The summed E-state index contributed by atoms with van der Waals surface area (Å²) in [4.78, 5) is 13.5. The van der Waals surface area contributed by atoms with Crippen molar-refractivity contribution in [2.24, 2.45) is 7.05 Å². The fraction of sp³-hybridized carbons (Fsp3) is 0.556. The van der Waals surface area contributed by atoms with Crippen molar-refractivity contribution in [1.29, 1.82) is 0 Å². The highest BCUT2D eigenvalue weighted by atomic mass is 79.9. The third-order valence-corrected chi connectivity index (χ3v) is 3.23. The van der Waals surface area contributed by atoms with E-state index in [2.05, 4.69) is 21.0 Å². The van der Waals surface area contributed by atoms with E-state index in [4.69, 9.17) is 0 Å². The number of alkyl halides is 1. The molecule has 14 heavy (non-hydrogen) atoms.